The van der Waals surface area contributed by atoms with Gasteiger partial charge in [-0.1, -0.05) is 71.3 Å². The Bertz CT molecular complexity index is 957. The molecule has 1 aliphatic rings. The second-order valence-corrected chi connectivity index (χ2v) is 9.55. The molecule has 1 nitrogen and oxygen atoms in total. The van der Waals surface area contributed by atoms with E-state index in [0.29, 0.717) is 0 Å². The van der Waals surface area contributed by atoms with Crippen molar-refractivity contribution >= 4 is 37.7 Å². The fourth-order valence-electron chi connectivity index (χ4n) is 4.41. The quantitative estimate of drug-likeness (QED) is 0.398. The van der Waals surface area contributed by atoms with Gasteiger partial charge in [0.1, 0.15) is 0 Å². The van der Waals surface area contributed by atoms with Crippen molar-refractivity contribution < 1.29 is 0 Å². The highest BCUT2D eigenvalue weighted by molar-refractivity contribution is 9.10. The maximum atomic E-state index is 3.61. The molecular weight excluding hydrogens is 370 g/mol. The zero-order chi connectivity index (χ0) is 18.8. The molecule has 2 aromatic carbocycles. The molecule has 25 heavy (non-hydrogen) atoms. The average molecular weight is 400 g/mol. The molecule has 0 amide bonds. The van der Waals surface area contributed by atoms with E-state index in [9.17, 15) is 0 Å². The first-order valence-electron chi connectivity index (χ1n) is 9.33. The number of benzene rings is 2. The lowest BCUT2D eigenvalue weighted by atomic mass is 9.59. The van der Waals surface area contributed by atoms with Crippen molar-refractivity contribution in [1.82, 2.24) is 4.98 Å². The van der Waals surface area contributed by atoms with Gasteiger partial charge in [-0.25, -0.2) is 0 Å². The van der Waals surface area contributed by atoms with E-state index < -0.39 is 0 Å². The first kappa shape index (κ1) is 18.5. The Morgan fingerprint density at radius 1 is 0.720 bits per heavy atom. The summed E-state index contributed by atoms with van der Waals surface area (Å²) in [5.41, 5.74) is 5.96. The van der Waals surface area contributed by atoms with Crippen molar-refractivity contribution in [3.05, 3.63) is 45.9 Å². The van der Waals surface area contributed by atoms with Crippen LogP contribution >= 0.6 is 15.9 Å². The molecule has 1 aliphatic carbocycles. The summed E-state index contributed by atoms with van der Waals surface area (Å²) >= 11 is 3.61. The SMILES string of the molecule is CC.CC1(C)c2cc3[nH]c4ccc(Br)cc4c3cc2C(C)(C)C1(C)C. The summed E-state index contributed by atoms with van der Waals surface area (Å²) < 4.78 is 1.13. The summed E-state index contributed by atoms with van der Waals surface area (Å²) in [7, 11) is 0. The first-order valence-corrected chi connectivity index (χ1v) is 10.1. The molecule has 0 radical (unpaired) electrons. The summed E-state index contributed by atoms with van der Waals surface area (Å²) in [6, 6.07) is 11.3. The van der Waals surface area contributed by atoms with Crippen molar-refractivity contribution in [1.29, 1.82) is 0 Å². The van der Waals surface area contributed by atoms with Crippen LogP contribution in [-0.2, 0) is 10.8 Å². The van der Waals surface area contributed by atoms with E-state index in [1.54, 1.807) is 0 Å². The highest BCUT2D eigenvalue weighted by Crippen LogP contribution is 2.62. The Balaban J connectivity index is 0.000000880. The Hall–Kier alpha value is -1.28. The number of fused-ring (bicyclic) bond motifs is 4. The maximum Gasteiger partial charge on any atom is 0.0468 e. The lowest BCUT2D eigenvalue weighted by Crippen LogP contribution is -2.42. The topological polar surface area (TPSA) is 15.8 Å². The number of aromatic nitrogens is 1. The fourth-order valence-corrected chi connectivity index (χ4v) is 4.77. The molecule has 1 aromatic heterocycles. The third-order valence-corrected chi connectivity index (χ3v) is 7.66. The molecule has 1 heterocycles. The van der Waals surface area contributed by atoms with E-state index in [0.717, 1.165) is 4.47 Å². The Kier molecular flexibility index (Phi) is 4.15. The lowest BCUT2D eigenvalue weighted by Gasteiger charge is -2.44. The van der Waals surface area contributed by atoms with Gasteiger partial charge in [-0.3, -0.25) is 0 Å². The number of halogens is 1. The molecule has 0 aliphatic heterocycles. The average Bonchev–Trinajstić information content (AvgIpc) is 2.95. The van der Waals surface area contributed by atoms with Gasteiger partial charge in [0.15, 0.2) is 0 Å². The molecule has 1 N–H and O–H groups in total. The van der Waals surface area contributed by atoms with Crippen LogP contribution in [0, 0.1) is 5.41 Å². The smallest absolute Gasteiger partial charge is 0.0468 e. The summed E-state index contributed by atoms with van der Waals surface area (Å²) in [6.45, 7) is 18.4. The van der Waals surface area contributed by atoms with Crippen LogP contribution in [0.25, 0.3) is 21.8 Å². The van der Waals surface area contributed by atoms with E-state index in [2.05, 4.69) is 92.8 Å². The Morgan fingerprint density at radius 3 is 1.84 bits per heavy atom. The molecule has 0 atom stereocenters. The van der Waals surface area contributed by atoms with Gasteiger partial charge in [0.05, 0.1) is 0 Å². The summed E-state index contributed by atoms with van der Waals surface area (Å²) in [4.78, 5) is 3.61. The molecule has 0 fully saturated rings. The maximum absolute atomic E-state index is 3.61. The third kappa shape index (κ3) is 2.26. The number of hydrogen-bond acceptors (Lipinski definition) is 0. The molecule has 4 rings (SSSR count). The predicted molar refractivity (Wildman–Crippen MR) is 115 cm³/mol. The third-order valence-electron chi connectivity index (χ3n) is 7.17. The van der Waals surface area contributed by atoms with Crippen LogP contribution in [0.4, 0.5) is 0 Å². The van der Waals surface area contributed by atoms with Crippen LogP contribution in [0.2, 0.25) is 0 Å². The summed E-state index contributed by atoms with van der Waals surface area (Å²) in [6.07, 6.45) is 0. The molecule has 2 heteroatoms. The number of hydrogen-bond donors (Lipinski definition) is 1. The van der Waals surface area contributed by atoms with Crippen LogP contribution in [-0.4, -0.2) is 4.98 Å². The van der Waals surface area contributed by atoms with Gasteiger partial charge in [0, 0.05) is 26.3 Å². The van der Waals surface area contributed by atoms with Gasteiger partial charge in [-0.15, -0.1) is 0 Å². The van der Waals surface area contributed by atoms with E-state index in [1.807, 2.05) is 13.8 Å². The van der Waals surface area contributed by atoms with Gasteiger partial charge in [-0.2, -0.15) is 0 Å². The van der Waals surface area contributed by atoms with Crippen molar-refractivity contribution in [3.63, 3.8) is 0 Å². The van der Waals surface area contributed by atoms with Crippen LogP contribution in [0.5, 0.6) is 0 Å². The van der Waals surface area contributed by atoms with E-state index in [-0.39, 0.29) is 16.2 Å². The van der Waals surface area contributed by atoms with Crippen molar-refractivity contribution in [2.45, 2.75) is 66.2 Å². The van der Waals surface area contributed by atoms with Gasteiger partial charge in [0.2, 0.25) is 0 Å². The van der Waals surface area contributed by atoms with E-state index >= 15 is 0 Å². The molecular formula is C23H30BrN. The summed E-state index contributed by atoms with van der Waals surface area (Å²) in [5.74, 6) is 0. The first-order chi connectivity index (χ1) is 11.6. The number of nitrogens with one attached hydrogen (secondary N) is 1. The van der Waals surface area contributed by atoms with E-state index in [1.165, 1.54) is 32.9 Å². The number of rotatable bonds is 0. The predicted octanol–water partition coefficient (Wildman–Crippen LogP) is 7.70. The van der Waals surface area contributed by atoms with Crippen LogP contribution in [0.1, 0.15) is 66.5 Å². The Labute approximate surface area is 160 Å². The molecule has 3 aromatic rings. The normalized spacial score (nSPS) is 19.6. The van der Waals surface area contributed by atoms with Crippen molar-refractivity contribution in [2.24, 2.45) is 5.41 Å². The van der Waals surface area contributed by atoms with Crippen LogP contribution < -0.4 is 0 Å². The number of H-pyrrole nitrogens is 1. The lowest BCUT2D eigenvalue weighted by molar-refractivity contribution is 0.125. The van der Waals surface area contributed by atoms with Gasteiger partial charge in [-0.05, 0) is 57.7 Å². The molecule has 0 saturated heterocycles. The fraction of sp³-hybridized carbons (Fsp3) is 0.478. The molecule has 0 unspecified atom stereocenters. The Morgan fingerprint density at radius 2 is 1.24 bits per heavy atom. The second-order valence-electron chi connectivity index (χ2n) is 8.63. The monoisotopic (exact) mass is 399 g/mol. The van der Waals surface area contributed by atoms with Gasteiger partial charge in [0.25, 0.3) is 0 Å². The van der Waals surface area contributed by atoms with Crippen molar-refractivity contribution in [2.75, 3.05) is 0 Å². The van der Waals surface area contributed by atoms with Crippen LogP contribution in [0.15, 0.2) is 34.8 Å². The molecule has 134 valence electrons. The number of aromatic amines is 1. The second kappa shape index (κ2) is 5.61. The minimum atomic E-state index is 0.148. The van der Waals surface area contributed by atoms with Gasteiger partial charge < -0.3 is 4.98 Å². The standard InChI is InChI=1S/C21H24BrN.C2H6/c1-19(2)15-10-14-13-9-12(22)7-8-17(13)23-18(14)11-16(15)20(3,4)21(19,5)6;1-2/h7-11,23H,1-6H3;1-2H3. The summed E-state index contributed by atoms with van der Waals surface area (Å²) in [5, 5.41) is 2.64. The van der Waals surface area contributed by atoms with E-state index in [4.69, 9.17) is 0 Å². The highest BCUT2D eigenvalue weighted by Gasteiger charge is 2.56. The highest BCUT2D eigenvalue weighted by atomic mass is 79.9. The van der Waals surface area contributed by atoms with Crippen LogP contribution in [0.3, 0.4) is 0 Å². The van der Waals surface area contributed by atoms with Crippen molar-refractivity contribution in [3.8, 4) is 0 Å². The molecule has 0 saturated carbocycles. The zero-order valence-corrected chi connectivity index (χ0v) is 18.4. The largest absolute Gasteiger partial charge is 0.355 e. The van der Waals surface area contributed by atoms with Gasteiger partial charge >= 0.3 is 0 Å². The molecule has 0 bridgehead atoms. The zero-order valence-electron chi connectivity index (χ0n) is 16.8. The minimum absolute atomic E-state index is 0.148. The minimum Gasteiger partial charge on any atom is -0.355 e. The molecule has 0 spiro atoms.